The summed E-state index contributed by atoms with van der Waals surface area (Å²) in [4.78, 5) is 47.0. The molecule has 0 spiro atoms. The van der Waals surface area contributed by atoms with Gasteiger partial charge in [-0.3, -0.25) is 9.59 Å². The molecule has 0 fully saturated rings. The Kier molecular flexibility index (Phi) is 7.30. The topological polar surface area (TPSA) is 107 Å². The third-order valence-corrected chi connectivity index (χ3v) is 5.84. The van der Waals surface area contributed by atoms with Crippen molar-refractivity contribution in [2.75, 3.05) is 6.61 Å². The van der Waals surface area contributed by atoms with Crippen molar-refractivity contribution < 1.29 is 33.8 Å². The van der Waals surface area contributed by atoms with E-state index in [1.807, 2.05) is 0 Å². The van der Waals surface area contributed by atoms with Crippen LogP contribution in [0.2, 0.25) is 10.0 Å². The van der Waals surface area contributed by atoms with Gasteiger partial charge in [0.25, 0.3) is 0 Å². The molecule has 0 saturated carbocycles. The lowest BCUT2D eigenvalue weighted by atomic mass is 9.76. The normalized spacial score (nSPS) is 18.9. The highest BCUT2D eigenvalue weighted by Gasteiger charge is 2.47. The third-order valence-electron chi connectivity index (χ3n) is 4.99. The minimum absolute atomic E-state index is 0.0149. The van der Waals surface area contributed by atoms with Gasteiger partial charge in [0.2, 0.25) is 0 Å². The fourth-order valence-electron chi connectivity index (χ4n) is 3.41. The van der Waals surface area contributed by atoms with Crippen molar-refractivity contribution in [1.29, 1.82) is 0 Å². The highest BCUT2D eigenvalue weighted by Crippen LogP contribution is 2.49. The van der Waals surface area contributed by atoms with Crippen LogP contribution < -0.4 is 4.74 Å². The highest BCUT2D eigenvalue weighted by molar-refractivity contribution is 6.45. The number of halogens is 2. The Morgan fingerprint density at radius 1 is 1.21 bits per heavy atom. The second-order valence-electron chi connectivity index (χ2n) is 7.21. The van der Waals surface area contributed by atoms with Gasteiger partial charge in [0.1, 0.15) is 16.6 Å². The van der Waals surface area contributed by atoms with Gasteiger partial charge >= 0.3 is 11.9 Å². The Bertz CT molecular complexity index is 865. The zero-order chi connectivity index (χ0) is 21.9. The number of hydrogen-bond acceptors (Lipinski definition) is 6. The van der Waals surface area contributed by atoms with Crippen molar-refractivity contribution in [2.24, 2.45) is 5.41 Å². The van der Waals surface area contributed by atoms with Crippen molar-refractivity contribution in [1.82, 2.24) is 0 Å². The van der Waals surface area contributed by atoms with Gasteiger partial charge in [-0.15, -0.1) is 0 Å². The van der Waals surface area contributed by atoms with Crippen LogP contribution in [0, 0.1) is 5.41 Å². The first-order valence-electron chi connectivity index (χ1n) is 9.06. The second kappa shape index (κ2) is 9.13. The molecular weight excluding hydrogens is 423 g/mol. The number of aliphatic carboxylic acids is 1. The number of carbonyl (C=O) groups excluding carboxylic acids is 3. The first kappa shape index (κ1) is 23.2. The van der Waals surface area contributed by atoms with Crippen molar-refractivity contribution >= 4 is 46.7 Å². The molecule has 7 nitrogen and oxygen atoms in total. The molecule has 1 aliphatic rings. The first-order chi connectivity index (χ1) is 13.5. The zero-order valence-electron chi connectivity index (χ0n) is 16.3. The Balaban J connectivity index is 2.42. The number of hydrogen-bond donors (Lipinski definition) is 1. The van der Waals surface area contributed by atoms with E-state index in [0.717, 1.165) is 0 Å². The minimum atomic E-state index is -1.18. The molecule has 0 amide bonds. The van der Waals surface area contributed by atoms with Gasteiger partial charge in [-0.05, 0) is 44.7 Å². The van der Waals surface area contributed by atoms with Crippen LogP contribution in [0.5, 0.6) is 5.75 Å². The van der Waals surface area contributed by atoms with Gasteiger partial charge in [0.05, 0.1) is 11.6 Å². The minimum Gasteiger partial charge on any atom is -0.479 e. The molecule has 1 aromatic rings. The largest absolute Gasteiger partial charge is 0.479 e. The summed E-state index contributed by atoms with van der Waals surface area (Å²) in [5.41, 5.74) is -0.172. The van der Waals surface area contributed by atoms with Gasteiger partial charge in [-0.2, -0.15) is 0 Å². The van der Waals surface area contributed by atoms with Crippen molar-refractivity contribution in [2.45, 2.75) is 52.6 Å². The molecule has 158 valence electrons. The van der Waals surface area contributed by atoms with Crippen molar-refractivity contribution in [3.05, 3.63) is 27.2 Å². The average Bonchev–Trinajstić information content (AvgIpc) is 2.89. The Labute approximate surface area is 178 Å². The van der Waals surface area contributed by atoms with E-state index < -0.39 is 23.5 Å². The SMILES string of the molecule is CC(=O)CCC1(CCOC(C)=O)Cc2cc(OC(C)C(=O)O)c(Cl)c(Cl)c2C1=O. The third kappa shape index (κ3) is 5.08. The van der Waals surface area contributed by atoms with Crippen molar-refractivity contribution in [3.63, 3.8) is 0 Å². The Morgan fingerprint density at radius 3 is 2.41 bits per heavy atom. The van der Waals surface area contributed by atoms with Crippen LogP contribution >= 0.6 is 23.2 Å². The summed E-state index contributed by atoms with van der Waals surface area (Å²) in [5.74, 6) is -1.91. The molecule has 29 heavy (non-hydrogen) atoms. The van der Waals surface area contributed by atoms with Crippen LogP contribution in [-0.2, 0) is 25.5 Å². The number of fused-ring (bicyclic) bond motifs is 1. The smallest absolute Gasteiger partial charge is 0.344 e. The first-order valence-corrected chi connectivity index (χ1v) is 9.82. The van der Waals surface area contributed by atoms with Crippen LogP contribution in [0.3, 0.4) is 0 Å². The summed E-state index contributed by atoms with van der Waals surface area (Å²) in [6, 6.07) is 1.52. The number of esters is 1. The van der Waals surface area contributed by atoms with Crippen LogP contribution in [0.15, 0.2) is 6.07 Å². The molecule has 1 N–H and O–H groups in total. The van der Waals surface area contributed by atoms with Crippen LogP contribution in [0.1, 0.15) is 56.0 Å². The predicted octanol–water partition coefficient (Wildman–Crippen LogP) is 3.89. The van der Waals surface area contributed by atoms with Gasteiger partial charge < -0.3 is 19.4 Å². The van der Waals surface area contributed by atoms with Gasteiger partial charge in [0, 0.05) is 24.3 Å². The highest BCUT2D eigenvalue weighted by atomic mass is 35.5. The van der Waals surface area contributed by atoms with E-state index in [1.165, 1.54) is 26.8 Å². The summed E-state index contributed by atoms with van der Waals surface area (Å²) in [7, 11) is 0. The van der Waals surface area contributed by atoms with E-state index >= 15 is 0 Å². The number of Topliss-reactive ketones (excluding diaryl/α,β-unsaturated/α-hetero) is 2. The van der Waals surface area contributed by atoms with E-state index in [1.54, 1.807) is 0 Å². The molecule has 2 rings (SSSR count). The summed E-state index contributed by atoms with van der Waals surface area (Å²) in [6.45, 7) is 4.09. The lowest BCUT2D eigenvalue weighted by Crippen LogP contribution is -2.31. The number of carbonyl (C=O) groups is 4. The summed E-state index contributed by atoms with van der Waals surface area (Å²) in [5, 5.41) is 9.00. The van der Waals surface area contributed by atoms with Crippen molar-refractivity contribution in [3.8, 4) is 5.75 Å². The summed E-state index contributed by atoms with van der Waals surface area (Å²) >= 11 is 12.6. The number of benzene rings is 1. The molecule has 0 bridgehead atoms. The van der Waals surface area contributed by atoms with E-state index in [4.69, 9.17) is 37.8 Å². The van der Waals surface area contributed by atoms with Crippen LogP contribution in [0.25, 0.3) is 0 Å². The van der Waals surface area contributed by atoms with E-state index in [2.05, 4.69) is 0 Å². The predicted molar refractivity (Wildman–Crippen MR) is 106 cm³/mol. The number of ketones is 2. The van der Waals surface area contributed by atoms with Crippen LogP contribution in [0.4, 0.5) is 0 Å². The number of carboxylic acid groups (broad SMARTS) is 1. The summed E-state index contributed by atoms with van der Waals surface area (Å²) < 4.78 is 10.4. The lowest BCUT2D eigenvalue weighted by Gasteiger charge is -2.26. The number of ether oxygens (including phenoxy) is 2. The van der Waals surface area contributed by atoms with E-state index in [9.17, 15) is 19.2 Å². The lowest BCUT2D eigenvalue weighted by molar-refractivity contribution is -0.144. The van der Waals surface area contributed by atoms with Gasteiger partial charge in [-0.25, -0.2) is 4.79 Å². The summed E-state index contributed by atoms with van der Waals surface area (Å²) in [6.07, 6.45) is -0.227. The molecule has 2 unspecified atom stereocenters. The molecule has 0 saturated heterocycles. The van der Waals surface area contributed by atoms with Gasteiger partial charge in [0.15, 0.2) is 11.9 Å². The van der Waals surface area contributed by atoms with E-state index in [0.29, 0.717) is 5.56 Å². The number of rotatable bonds is 9. The molecule has 2 atom stereocenters. The molecule has 1 aromatic carbocycles. The van der Waals surface area contributed by atoms with Crippen LogP contribution in [-0.4, -0.2) is 41.3 Å². The molecule has 0 heterocycles. The number of carboxylic acids is 1. The van der Waals surface area contributed by atoms with E-state index in [-0.39, 0.29) is 65.2 Å². The molecule has 0 radical (unpaired) electrons. The standard InChI is InChI=1S/C20H22Cl2O7/c1-10(23)4-5-20(6-7-28-12(3)24)9-13-8-14(29-11(2)19(26)27)16(21)17(22)15(13)18(20)25/h8,11H,4-7,9H2,1-3H3,(H,26,27). The Morgan fingerprint density at radius 2 is 1.86 bits per heavy atom. The molecule has 0 aliphatic heterocycles. The molecule has 9 heteroatoms. The fraction of sp³-hybridized carbons (Fsp3) is 0.500. The molecular formula is C20H22Cl2O7. The second-order valence-corrected chi connectivity index (χ2v) is 7.97. The molecule has 0 aromatic heterocycles. The maximum absolute atomic E-state index is 13.3. The fourth-order valence-corrected chi connectivity index (χ4v) is 3.90. The quantitative estimate of drug-likeness (QED) is 0.575. The zero-order valence-corrected chi connectivity index (χ0v) is 17.9. The molecule has 1 aliphatic carbocycles. The monoisotopic (exact) mass is 444 g/mol. The average molecular weight is 445 g/mol. The van der Waals surface area contributed by atoms with Gasteiger partial charge in [-0.1, -0.05) is 23.2 Å². The maximum Gasteiger partial charge on any atom is 0.344 e. The Hall–Kier alpha value is -2.12. The maximum atomic E-state index is 13.3.